The zero-order valence-electron chi connectivity index (χ0n) is 13.1. The number of hydrogen-bond donors (Lipinski definition) is 2. The Morgan fingerprint density at radius 1 is 1.33 bits per heavy atom. The first-order valence-corrected chi connectivity index (χ1v) is 7.62. The molecule has 0 saturated carbocycles. The van der Waals surface area contributed by atoms with Gasteiger partial charge in [-0.15, -0.1) is 0 Å². The zero-order valence-corrected chi connectivity index (χ0v) is 13.1. The first-order valence-electron chi connectivity index (χ1n) is 7.62. The normalized spacial score (nSPS) is 12.4. The van der Waals surface area contributed by atoms with Gasteiger partial charge < -0.3 is 15.0 Å². The van der Waals surface area contributed by atoms with Crippen LogP contribution in [0.4, 0.5) is 0 Å². The third-order valence-electron chi connectivity index (χ3n) is 3.75. The van der Waals surface area contributed by atoms with Gasteiger partial charge in [-0.3, -0.25) is 9.59 Å². The molecule has 1 aromatic rings. The molecular formula is C16H26N2O3. The summed E-state index contributed by atoms with van der Waals surface area (Å²) < 4.78 is 1.94. The second kappa shape index (κ2) is 8.49. The molecular weight excluding hydrogens is 268 g/mol. The predicted molar refractivity (Wildman–Crippen MR) is 82.4 cm³/mol. The second-order valence-corrected chi connectivity index (χ2v) is 5.65. The Kier molecular flexibility index (Phi) is 6.99. The molecule has 2 N–H and O–H groups in total. The molecule has 118 valence electrons. The van der Waals surface area contributed by atoms with Crippen LogP contribution in [0.15, 0.2) is 18.3 Å². The smallest absolute Gasteiger partial charge is 0.303 e. The van der Waals surface area contributed by atoms with Crippen molar-refractivity contribution in [1.29, 1.82) is 0 Å². The van der Waals surface area contributed by atoms with Gasteiger partial charge >= 0.3 is 5.97 Å². The Morgan fingerprint density at radius 2 is 2.05 bits per heavy atom. The van der Waals surface area contributed by atoms with Crippen molar-refractivity contribution in [2.45, 2.75) is 52.5 Å². The van der Waals surface area contributed by atoms with Crippen LogP contribution in [0.2, 0.25) is 0 Å². The van der Waals surface area contributed by atoms with Crippen LogP contribution in [-0.2, 0) is 4.79 Å². The summed E-state index contributed by atoms with van der Waals surface area (Å²) in [6.45, 7) is 6.71. The highest BCUT2D eigenvalue weighted by atomic mass is 16.4. The third kappa shape index (κ3) is 5.61. The number of carboxylic acid groups (broad SMARTS) is 1. The van der Waals surface area contributed by atoms with E-state index in [1.807, 2.05) is 36.7 Å². The number of aromatic nitrogens is 1. The van der Waals surface area contributed by atoms with E-state index in [1.54, 1.807) is 0 Å². The molecule has 5 nitrogen and oxygen atoms in total. The maximum atomic E-state index is 12.1. The number of aliphatic carboxylic acids is 1. The van der Waals surface area contributed by atoms with Crippen molar-refractivity contribution >= 4 is 11.9 Å². The van der Waals surface area contributed by atoms with E-state index in [2.05, 4.69) is 12.2 Å². The lowest BCUT2D eigenvalue weighted by Crippen LogP contribution is -2.28. The van der Waals surface area contributed by atoms with Gasteiger partial charge in [0.15, 0.2) is 0 Å². The van der Waals surface area contributed by atoms with Crippen LogP contribution >= 0.6 is 0 Å². The molecule has 1 unspecified atom stereocenters. The van der Waals surface area contributed by atoms with Gasteiger partial charge in [-0.05, 0) is 44.7 Å². The van der Waals surface area contributed by atoms with E-state index in [1.165, 1.54) is 0 Å². The number of nitrogens with zero attached hydrogens (tertiary/aromatic N) is 1. The lowest BCUT2D eigenvalue weighted by Gasteiger charge is -2.15. The SMILES string of the molecule is CCC(CCNC(=O)c1cccn1C(C)C)CCC(=O)O. The van der Waals surface area contributed by atoms with Crippen molar-refractivity contribution in [3.8, 4) is 0 Å². The molecule has 0 saturated heterocycles. The molecule has 0 aliphatic heterocycles. The topological polar surface area (TPSA) is 71.3 Å². The summed E-state index contributed by atoms with van der Waals surface area (Å²) in [5.74, 6) is -0.479. The van der Waals surface area contributed by atoms with Gasteiger partial charge in [0.2, 0.25) is 0 Å². The highest BCUT2D eigenvalue weighted by molar-refractivity contribution is 5.92. The van der Waals surface area contributed by atoms with E-state index in [4.69, 9.17) is 5.11 Å². The van der Waals surface area contributed by atoms with Crippen molar-refractivity contribution in [2.75, 3.05) is 6.54 Å². The van der Waals surface area contributed by atoms with E-state index in [0.717, 1.165) is 12.8 Å². The summed E-state index contributed by atoms with van der Waals surface area (Å²) in [4.78, 5) is 22.7. The van der Waals surface area contributed by atoms with E-state index < -0.39 is 5.97 Å². The van der Waals surface area contributed by atoms with Crippen LogP contribution in [-0.4, -0.2) is 28.1 Å². The van der Waals surface area contributed by atoms with Crippen molar-refractivity contribution in [1.82, 2.24) is 9.88 Å². The number of rotatable bonds is 9. The summed E-state index contributed by atoms with van der Waals surface area (Å²) in [7, 11) is 0. The molecule has 1 atom stereocenters. The fourth-order valence-corrected chi connectivity index (χ4v) is 2.40. The number of carbonyl (C=O) groups is 2. The standard InChI is InChI=1S/C16H26N2O3/c1-4-13(7-8-15(19)20)9-10-17-16(21)14-6-5-11-18(14)12(2)3/h5-6,11-13H,4,7-10H2,1-3H3,(H,17,21)(H,19,20). The number of hydrogen-bond acceptors (Lipinski definition) is 2. The van der Waals surface area contributed by atoms with Gasteiger partial charge in [-0.1, -0.05) is 13.3 Å². The molecule has 1 rings (SSSR count). The summed E-state index contributed by atoms with van der Waals surface area (Å²) in [5, 5.41) is 11.6. The van der Waals surface area contributed by atoms with E-state index >= 15 is 0 Å². The Hall–Kier alpha value is -1.78. The van der Waals surface area contributed by atoms with Gasteiger partial charge in [-0.2, -0.15) is 0 Å². The highest BCUT2D eigenvalue weighted by Crippen LogP contribution is 2.15. The van der Waals surface area contributed by atoms with Crippen LogP contribution in [0.25, 0.3) is 0 Å². The summed E-state index contributed by atoms with van der Waals surface area (Å²) in [6, 6.07) is 3.94. The molecule has 0 aliphatic carbocycles. The van der Waals surface area contributed by atoms with Gasteiger partial charge in [0.1, 0.15) is 5.69 Å². The number of carbonyl (C=O) groups excluding carboxylic acids is 1. The minimum atomic E-state index is -0.757. The van der Waals surface area contributed by atoms with Crippen LogP contribution in [0.1, 0.15) is 63.0 Å². The van der Waals surface area contributed by atoms with E-state index in [-0.39, 0.29) is 18.4 Å². The Bertz CT molecular complexity index is 466. The lowest BCUT2D eigenvalue weighted by atomic mass is 9.96. The Balaban J connectivity index is 2.42. The molecule has 0 radical (unpaired) electrons. The maximum Gasteiger partial charge on any atom is 0.303 e. The number of carboxylic acids is 1. The average molecular weight is 294 g/mol. The molecule has 0 aliphatic rings. The van der Waals surface area contributed by atoms with Crippen molar-refractivity contribution < 1.29 is 14.7 Å². The van der Waals surface area contributed by atoms with Crippen molar-refractivity contribution in [3.63, 3.8) is 0 Å². The molecule has 0 fully saturated rings. The molecule has 0 bridgehead atoms. The molecule has 5 heteroatoms. The first-order chi connectivity index (χ1) is 9.95. The molecule has 0 aromatic carbocycles. The Morgan fingerprint density at radius 3 is 2.62 bits per heavy atom. The lowest BCUT2D eigenvalue weighted by molar-refractivity contribution is -0.137. The average Bonchev–Trinajstić information content (AvgIpc) is 2.91. The molecule has 1 aromatic heterocycles. The minimum absolute atomic E-state index is 0.0678. The van der Waals surface area contributed by atoms with Crippen LogP contribution in [0.5, 0.6) is 0 Å². The van der Waals surface area contributed by atoms with Gasteiger partial charge in [-0.25, -0.2) is 0 Å². The predicted octanol–water partition coefficient (Wildman–Crippen LogP) is 3.08. The van der Waals surface area contributed by atoms with Crippen molar-refractivity contribution in [3.05, 3.63) is 24.0 Å². The fraction of sp³-hybridized carbons (Fsp3) is 0.625. The summed E-state index contributed by atoms with van der Waals surface area (Å²) >= 11 is 0. The fourth-order valence-electron chi connectivity index (χ4n) is 2.40. The first kappa shape index (κ1) is 17.3. The van der Waals surface area contributed by atoms with Crippen LogP contribution < -0.4 is 5.32 Å². The maximum absolute atomic E-state index is 12.1. The Labute approximate surface area is 126 Å². The summed E-state index contributed by atoms with van der Waals surface area (Å²) in [5.41, 5.74) is 0.670. The highest BCUT2D eigenvalue weighted by Gasteiger charge is 2.13. The van der Waals surface area contributed by atoms with Crippen LogP contribution in [0.3, 0.4) is 0 Å². The minimum Gasteiger partial charge on any atom is -0.481 e. The quantitative estimate of drug-likeness (QED) is 0.735. The van der Waals surface area contributed by atoms with Gasteiger partial charge in [0.25, 0.3) is 5.91 Å². The summed E-state index contributed by atoms with van der Waals surface area (Å²) in [6.07, 6.45) is 4.53. The van der Waals surface area contributed by atoms with E-state index in [9.17, 15) is 9.59 Å². The largest absolute Gasteiger partial charge is 0.481 e. The van der Waals surface area contributed by atoms with Gasteiger partial charge in [0, 0.05) is 25.2 Å². The number of amides is 1. The van der Waals surface area contributed by atoms with Crippen molar-refractivity contribution in [2.24, 2.45) is 5.92 Å². The molecule has 1 amide bonds. The zero-order chi connectivity index (χ0) is 15.8. The second-order valence-electron chi connectivity index (χ2n) is 5.65. The number of nitrogens with one attached hydrogen (secondary N) is 1. The monoisotopic (exact) mass is 294 g/mol. The van der Waals surface area contributed by atoms with E-state index in [0.29, 0.717) is 24.6 Å². The molecule has 0 spiro atoms. The van der Waals surface area contributed by atoms with Crippen LogP contribution in [0, 0.1) is 5.92 Å². The third-order valence-corrected chi connectivity index (χ3v) is 3.75. The van der Waals surface area contributed by atoms with Gasteiger partial charge in [0.05, 0.1) is 0 Å². The molecule has 21 heavy (non-hydrogen) atoms. The molecule has 1 heterocycles.